The first-order chi connectivity index (χ1) is 10.9. The van der Waals surface area contributed by atoms with Gasteiger partial charge in [-0.25, -0.2) is 0 Å². The van der Waals surface area contributed by atoms with Crippen molar-refractivity contribution in [1.29, 1.82) is 0 Å². The van der Waals surface area contributed by atoms with E-state index in [4.69, 9.17) is 0 Å². The molecule has 2 rings (SSSR count). The Morgan fingerprint density at radius 3 is 2.48 bits per heavy atom. The summed E-state index contributed by atoms with van der Waals surface area (Å²) in [6, 6.07) is 9.68. The summed E-state index contributed by atoms with van der Waals surface area (Å²) in [6.45, 7) is 6.38. The van der Waals surface area contributed by atoms with Crippen LogP contribution in [0.4, 0.5) is 0 Å². The number of carbonyl (C=O) groups excluding carboxylic acids is 1. The molecule has 0 saturated carbocycles. The molecule has 0 bridgehead atoms. The lowest BCUT2D eigenvalue weighted by molar-refractivity contribution is -0.126. The second-order valence-corrected chi connectivity index (χ2v) is 5.95. The van der Waals surface area contributed by atoms with E-state index in [1.807, 2.05) is 74.7 Å². The van der Waals surface area contributed by atoms with Gasteiger partial charge in [-0.15, -0.1) is 10.2 Å². The van der Waals surface area contributed by atoms with Crippen LogP contribution in [-0.2, 0) is 18.4 Å². The van der Waals surface area contributed by atoms with E-state index in [0.717, 1.165) is 17.2 Å². The quantitative estimate of drug-likeness (QED) is 0.883. The molecular weight excluding hydrogens is 290 g/mol. The second-order valence-electron chi connectivity index (χ2n) is 5.95. The van der Waals surface area contributed by atoms with Crippen LogP contribution >= 0.6 is 0 Å². The predicted molar refractivity (Wildman–Crippen MR) is 89.7 cm³/mol. The zero-order valence-electron chi connectivity index (χ0n) is 14.4. The van der Waals surface area contributed by atoms with Crippen molar-refractivity contribution in [3.63, 3.8) is 0 Å². The number of benzene rings is 1. The van der Waals surface area contributed by atoms with E-state index in [1.165, 1.54) is 0 Å². The summed E-state index contributed by atoms with van der Waals surface area (Å²) >= 11 is 0. The molecule has 2 aromatic rings. The molecule has 1 heterocycles. The molecule has 0 spiro atoms. The lowest BCUT2D eigenvalue weighted by Gasteiger charge is -2.25. The van der Waals surface area contributed by atoms with Gasteiger partial charge in [-0.05, 0) is 33.4 Å². The average Bonchev–Trinajstić information content (AvgIpc) is 2.86. The third-order valence-corrected chi connectivity index (χ3v) is 4.27. The standard InChI is InChI=1S/C17H25N5O/c1-12(15-9-7-6-8-10-15)18-17(23)13(2)21(4)11-16-20-19-14(3)22(16)5/h6-10,12-13H,11H2,1-5H3,(H,18,23)/t12-,13+/m0/s1. The fraction of sp³-hybridized carbons (Fsp3) is 0.471. The molecule has 1 aromatic heterocycles. The van der Waals surface area contributed by atoms with Gasteiger partial charge in [0.15, 0.2) is 0 Å². The fourth-order valence-electron chi connectivity index (χ4n) is 2.31. The van der Waals surface area contributed by atoms with Gasteiger partial charge in [0, 0.05) is 7.05 Å². The van der Waals surface area contributed by atoms with Crippen molar-refractivity contribution < 1.29 is 4.79 Å². The highest BCUT2D eigenvalue weighted by Crippen LogP contribution is 2.12. The van der Waals surface area contributed by atoms with Crippen LogP contribution in [0.2, 0.25) is 0 Å². The van der Waals surface area contributed by atoms with Crippen molar-refractivity contribution in [3.8, 4) is 0 Å². The minimum Gasteiger partial charge on any atom is -0.348 e. The van der Waals surface area contributed by atoms with Gasteiger partial charge < -0.3 is 9.88 Å². The van der Waals surface area contributed by atoms with Gasteiger partial charge in [-0.2, -0.15) is 0 Å². The minimum atomic E-state index is -0.252. The zero-order chi connectivity index (χ0) is 17.0. The van der Waals surface area contributed by atoms with Crippen molar-refractivity contribution in [3.05, 3.63) is 47.5 Å². The van der Waals surface area contributed by atoms with Crippen molar-refractivity contribution in [2.45, 2.75) is 39.4 Å². The number of nitrogens with one attached hydrogen (secondary N) is 1. The maximum Gasteiger partial charge on any atom is 0.237 e. The molecule has 6 nitrogen and oxygen atoms in total. The number of likely N-dealkylation sites (N-methyl/N-ethyl adjacent to an activating group) is 1. The number of aryl methyl sites for hydroxylation is 1. The maximum atomic E-state index is 12.5. The lowest BCUT2D eigenvalue weighted by Crippen LogP contribution is -2.44. The topological polar surface area (TPSA) is 63.1 Å². The highest BCUT2D eigenvalue weighted by molar-refractivity contribution is 5.81. The Morgan fingerprint density at radius 1 is 1.26 bits per heavy atom. The van der Waals surface area contributed by atoms with Crippen LogP contribution in [0.15, 0.2) is 30.3 Å². The smallest absolute Gasteiger partial charge is 0.237 e. The molecule has 1 amide bonds. The number of amides is 1. The molecule has 1 N–H and O–H groups in total. The number of rotatable bonds is 6. The SMILES string of the molecule is Cc1nnc(CN(C)[C@H](C)C(=O)N[C@@H](C)c2ccccc2)n1C. The Morgan fingerprint density at radius 2 is 1.91 bits per heavy atom. The van der Waals surface area contributed by atoms with Crippen LogP contribution in [-0.4, -0.2) is 38.7 Å². The van der Waals surface area contributed by atoms with Gasteiger partial charge in [-0.1, -0.05) is 30.3 Å². The monoisotopic (exact) mass is 315 g/mol. The molecule has 0 fully saturated rings. The molecule has 2 atom stereocenters. The van der Waals surface area contributed by atoms with Crippen molar-refractivity contribution in [1.82, 2.24) is 25.0 Å². The third-order valence-electron chi connectivity index (χ3n) is 4.27. The molecule has 0 radical (unpaired) electrons. The van der Waals surface area contributed by atoms with Gasteiger partial charge in [-0.3, -0.25) is 9.69 Å². The number of carbonyl (C=O) groups is 1. The van der Waals surface area contributed by atoms with E-state index in [0.29, 0.717) is 6.54 Å². The number of hydrogen-bond donors (Lipinski definition) is 1. The molecule has 6 heteroatoms. The first-order valence-corrected chi connectivity index (χ1v) is 7.80. The molecule has 124 valence electrons. The summed E-state index contributed by atoms with van der Waals surface area (Å²) in [6.07, 6.45) is 0. The van der Waals surface area contributed by atoms with Gasteiger partial charge in [0.2, 0.25) is 5.91 Å². The average molecular weight is 315 g/mol. The Kier molecular flexibility index (Phi) is 5.50. The number of aromatic nitrogens is 3. The van der Waals surface area contributed by atoms with Crippen molar-refractivity contribution in [2.24, 2.45) is 7.05 Å². The van der Waals surface area contributed by atoms with Crippen LogP contribution < -0.4 is 5.32 Å². The summed E-state index contributed by atoms with van der Waals surface area (Å²) in [7, 11) is 3.85. The third kappa shape index (κ3) is 4.16. The summed E-state index contributed by atoms with van der Waals surface area (Å²) in [5.74, 6) is 1.71. The summed E-state index contributed by atoms with van der Waals surface area (Å²) < 4.78 is 1.94. The molecule has 23 heavy (non-hydrogen) atoms. The molecule has 1 aromatic carbocycles. The molecule has 0 saturated heterocycles. The minimum absolute atomic E-state index is 0.00254. The summed E-state index contributed by atoms with van der Waals surface area (Å²) in [4.78, 5) is 14.4. The number of nitrogens with zero attached hydrogens (tertiary/aromatic N) is 4. The largest absolute Gasteiger partial charge is 0.348 e. The predicted octanol–water partition coefficient (Wildman–Crippen LogP) is 1.82. The van der Waals surface area contributed by atoms with E-state index >= 15 is 0 Å². The maximum absolute atomic E-state index is 12.5. The first kappa shape index (κ1) is 17.1. The van der Waals surface area contributed by atoms with Crippen LogP contribution in [0.5, 0.6) is 0 Å². The molecule has 0 unspecified atom stereocenters. The van der Waals surface area contributed by atoms with Gasteiger partial charge in [0.25, 0.3) is 0 Å². The zero-order valence-corrected chi connectivity index (χ0v) is 14.4. The Balaban J connectivity index is 1.95. The van der Waals surface area contributed by atoms with Gasteiger partial charge in [0.05, 0.1) is 18.6 Å². The Hall–Kier alpha value is -2.21. The molecule has 0 aliphatic carbocycles. The highest BCUT2D eigenvalue weighted by Gasteiger charge is 2.21. The molecular formula is C17H25N5O. The van der Waals surface area contributed by atoms with E-state index in [-0.39, 0.29) is 18.0 Å². The van der Waals surface area contributed by atoms with Crippen molar-refractivity contribution >= 4 is 5.91 Å². The second kappa shape index (κ2) is 7.37. The fourth-order valence-corrected chi connectivity index (χ4v) is 2.31. The lowest BCUT2D eigenvalue weighted by atomic mass is 10.1. The number of hydrogen-bond acceptors (Lipinski definition) is 4. The molecule has 0 aliphatic rings. The Bertz CT molecular complexity index is 652. The van der Waals surface area contributed by atoms with E-state index in [9.17, 15) is 4.79 Å². The summed E-state index contributed by atoms with van der Waals surface area (Å²) in [5, 5.41) is 11.3. The Labute approximate surface area is 137 Å². The summed E-state index contributed by atoms with van der Waals surface area (Å²) in [5.41, 5.74) is 1.10. The van der Waals surface area contributed by atoms with E-state index < -0.39 is 0 Å². The first-order valence-electron chi connectivity index (χ1n) is 7.80. The van der Waals surface area contributed by atoms with Gasteiger partial charge >= 0.3 is 0 Å². The van der Waals surface area contributed by atoms with Crippen LogP contribution in [0.1, 0.15) is 37.1 Å². The van der Waals surface area contributed by atoms with Crippen LogP contribution in [0.25, 0.3) is 0 Å². The normalized spacial score (nSPS) is 13.8. The van der Waals surface area contributed by atoms with Crippen LogP contribution in [0, 0.1) is 6.92 Å². The van der Waals surface area contributed by atoms with E-state index in [1.54, 1.807) is 0 Å². The van der Waals surface area contributed by atoms with Crippen molar-refractivity contribution in [2.75, 3.05) is 7.05 Å². The van der Waals surface area contributed by atoms with Gasteiger partial charge in [0.1, 0.15) is 11.6 Å². The molecule has 0 aliphatic heterocycles. The highest BCUT2D eigenvalue weighted by atomic mass is 16.2. The van der Waals surface area contributed by atoms with Crippen LogP contribution in [0.3, 0.4) is 0 Å². The van der Waals surface area contributed by atoms with E-state index in [2.05, 4.69) is 15.5 Å².